The Bertz CT molecular complexity index is 1070. The van der Waals surface area contributed by atoms with Crippen LogP contribution in [0, 0.1) is 0 Å². The number of imide groups is 1. The second-order valence-electron chi connectivity index (χ2n) is 8.40. The lowest BCUT2D eigenvalue weighted by Crippen LogP contribution is -2.77. The predicted octanol–water partition coefficient (Wildman–Crippen LogP) is -2.96. The van der Waals surface area contributed by atoms with Crippen molar-refractivity contribution in [1.82, 2.24) is 15.1 Å². The lowest BCUT2D eigenvalue weighted by atomic mass is 9.85. The van der Waals surface area contributed by atoms with Gasteiger partial charge in [-0.05, 0) is 12.1 Å². The highest BCUT2D eigenvalue weighted by Gasteiger charge is 2.74. The van der Waals surface area contributed by atoms with Crippen LogP contribution in [0.4, 0.5) is 0 Å². The normalized spacial score (nSPS) is 32.1. The van der Waals surface area contributed by atoms with Crippen LogP contribution in [-0.2, 0) is 14.3 Å². The van der Waals surface area contributed by atoms with Gasteiger partial charge in [0.25, 0.3) is 0 Å². The fraction of sp³-hybridized carbons (Fsp3) is 0.450. The number of guanidine groups is 2. The molecule has 2 fully saturated rings. The summed E-state index contributed by atoms with van der Waals surface area (Å²) in [5.41, 5.74) is 10.5. The van der Waals surface area contributed by atoms with Crippen molar-refractivity contribution in [3.63, 3.8) is 0 Å². The molecule has 7 N–H and O–H groups in total. The number of ether oxygens (including phenoxy) is 1. The van der Waals surface area contributed by atoms with Crippen molar-refractivity contribution in [3.8, 4) is 0 Å². The van der Waals surface area contributed by atoms with Crippen molar-refractivity contribution in [2.24, 2.45) is 21.5 Å². The molecule has 1 aromatic carbocycles. The summed E-state index contributed by atoms with van der Waals surface area (Å²) in [6, 6.07) is 6.16. The molecule has 174 valence electrons. The molecule has 0 saturated carbocycles. The summed E-state index contributed by atoms with van der Waals surface area (Å²) >= 11 is 0. The minimum absolute atomic E-state index is 0.0950. The Kier molecular flexibility index (Phi) is 4.58. The molecule has 4 aliphatic rings. The van der Waals surface area contributed by atoms with E-state index in [9.17, 15) is 24.6 Å². The number of aliphatic imine (C=N–C) groups is 2. The van der Waals surface area contributed by atoms with Crippen molar-refractivity contribution in [2.45, 2.75) is 42.5 Å². The SMILES string of the molecule is NC1=NC2[C@H](CN3C(=O)CCC3=O)N=C(N)N3C[C@H](OC(=O)c4ccccc4)C(O)(O)C23N1. The summed E-state index contributed by atoms with van der Waals surface area (Å²) in [6.45, 7) is -0.358. The van der Waals surface area contributed by atoms with Gasteiger partial charge in [-0.3, -0.25) is 14.5 Å². The second kappa shape index (κ2) is 7.15. The molecule has 0 aliphatic carbocycles. The predicted molar refractivity (Wildman–Crippen MR) is 112 cm³/mol. The van der Waals surface area contributed by atoms with Crippen LogP contribution >= 0.6 is 0 Å². The van der Waals surface area contributed by atoms with Gasteiger partial charge in [0.2, 0.25) is 17.6 Å². The molecule has 4 atom stereocenters. The summed E-state index contributed by atoms with van der Waals surface area (Å²) in [5, 5.41) is 25.4. The monoisotopic (exact) mass is 457 g/mol. The maximum Gasteiger partial charge on any atom is 0.338 e. The third-order valence-corrected chi connectivity index (χ3v) is 6.53. The van der Waals surface area contributed by atoms with Crippen LogP contribution in [0.1, 0.15) is 23.2 Å². The van der Waals surface area contributed by atoms with E-state index in [0.29, 0.717) is 0 Å². The Labute approximate surface area is 187 Å². The van der Waals surface area contributed by atoms with Gasteiger partial charge in [0, 0.05) is 12.8 Å². The number of benzene rings is 1. The Hall–Kier alpha value is -3.71. The summed E-state index contributed by atoms with van der Waals surface area (Å²) in [5.74, 6) is -4.38. The Morgan fingerprint density at radius 2 is 1.82 bits per heavy atom. The average Bonchev–Trinajstić information content (AvgIpc) is 3.37. The standard InChI is InChI=1S/C20H23N7O6/c21-17-24-15-11(8-26-13(28)6-7-14(26)29)23-18(22)27-9-12(20(31,32)19(15,27)25-17)33-16(30)10-4-2-1-3-5-10/h1-5,11-12,15,31-32H,6-9H2,(H2,22,23)(H3,21,24,25)/t11-,12-,15?,19?/m0/s1. The van der Waals surface area contributed by atoms with E-state index < -0.39 is 35.6 Å². The van der Waals surface area contributed by atoms with Crippen LogP contribution in [0.3, 0.4) is 0 Å². The van der Waals surface area contributed by atoms with Crippen molar-refractivity contribution in [2.75, 3.05) is 13.1 Å². The molecule has 13 nitrogen and oxygen atoms in total. The first-order valence-corrected chi connectivity index (χ1v) is 10.4. The molecule has 4 aliphatic heterocycles. The molecule has 2 saturated heterocycles. The van der Waals surface area contributed by atoms with Gasteiger partial charge >= 0.3 is 5.97 Å². The molecule has 33 heavy (non-hydrogen) atoms. The number of hydrogen-bond acceptors (Lipinski definition) is 12. The fourth-order valence-electron chi connectivity index (χ4n) is 4.96. The maximum atomic E-state index is 12.6. The molecule has 2 unspecified atom stereocenters. The molecule has 0 radical (unpaired) electrons. The van der Waals surface area contributed by atoms with Crippen molar-refractivity contribution >= 4 is 29.7 Å². The van der Waals surface area contributed by atoms with Gasteiger partial charge in [-0.15, -0.1) is 0 Å². The number of nitrogens with one attached hydrogen (secondary N) is 1. The van der Waals surface area contributed by atoms with Crippen molar-refractivity contribution in [1.29, 1.82) is 0 Å². The fourth-order valence-corrected chi connectivity index (χ4v) is 4.96. The van der Waals surface area contributed by atoms with E-state index in [0.717, 1.165) is 4.90 Å². The van der Waals surface area contributed by atoms with E-state index in [-0.39, 0.29) is 55.2 Å². The zero-order chi connectivity index (χ0) is 23.5. The van der Waals surface area contributed by atoms with Gasteiger partial charge in [-0.1, -0.05) is 18.2 Å². The zero-order valence-electron chi connectivity index (χ0n) is 17.4. The minimum Gasteiger partial charge on any atom is -0.451 e. The van der Waals surface area contributed by atoms with Gasteiger partial charge in [0.05, 0.1) is 24.7 Å². The number of aliphatic hydroxyl groups is 2. The highest BCUT2D eigenvalue weighted by molar-refractivity contribution is 6.02. The summed E-state index contributed by atoms with van der Waals surface area (Å²) < 4.78 is 5.45. The number of amides is 2. The number of carbonyl (C=O) groups is 3. The highest BCUT2D eigenvalue weighted by Crippen LogP contribution is 2.46. The first-order valence-electron chi connectivity index (χ1n) is 10.4. The molecule has 5 rings (SSSR count). The Balaban J connectivity index is 1.48. The molecule has 1 aromatic rings. The van der Waals surface area contributed by atoms with Gasteiger partial charge in [-0.2, -0.15) is 0 Å². The maximum absolute atomic E-state index is 12.6. The molecular formula is C20H23N7O6. The quantitative estimate of drug-likeness (QED) is 0.177. The van der Waals surface area contributed by atoms with E-state index in [4.69, 9.17) is 16.2 Å². The van der Waals surface area contributed by atoms with Crippen LogP contribution in [0.25, 0.3) is 0 Å². The third-order valence-electron chi connectivity index (χ3n) is 6.53. The largest absolute Gasteiger partial charge is 0.451 e. The topological polar surface area (TPSA) is 196 Å². The Morgan fingerprint density at radius 3 is 2.48 bits per heavy atom. The van der Waals surface area contributed by atoms with Gasteiger partial charge in [0.1, 0.15) is 6.04 Å². The minimum atomic E-state index is -2.70. The van der Waals surface area contributed by atoms with Gasteiger partial charge in [-0.25, -0.2) is 14.8 Å². The van der Waals surface area contributed by atoms with E-state index in [1.165, 1.54) is 17.0 Å². The molecule has 13 heteroatoms. The van der Waals surface area contributed by atoms with Crippen molar-refractivity contribution < 1.29 is 29.3 Å². The number of likely N-dealkylation sites (tertiary alicyclic amines) is 1. The number of rotatable bonds is 4. The molecule has 4 heterocycles. The smallest absolute Gasteiger partial charge is 0.338 e. The average molecular weight is 457 g/mol. The second-order valence-corrected chi connectivity index (χ2v) is 8.40. The highest BCUT2D eigenvalue weighted by atomic mass is 16.6. The van der Waals surface area contributed by atoms with Gasteiger partial charge in [0.15, 0.2) is 23.7 Å². The first-order chi connectivity index (χ1) is 15.6. The number of nitrogens with two attached hydrogens (primary N) is 2. The lowest BCUT2D eigenvalue weighted by Gasteiger charge is -2.48. The van der Waals surface area contributed by atoms with Gasteiger partial charge < -0.3 is 36.6 Å². The van der Waals surface area contributed by atoms with E-state index in [1.54, 1.807) is 18.2 Å². The summed E-state index contributed by atoms with van der Waals surface area (Å²) in [6.07, 6.45) is -1.25. The van der Waals surface area contributed by atoms with Crippen LogP contribution in [0.5, 0.6) is 0 Å². The molecule has 2 amide bonds. The van der Waals surface area contributed by atoms with Crippen LogP contribution in [0.15, 0.2) is 40.3 Å². The number of carbonyl (C=O) groups excluding carboxylic acids is 3. The molecule has 0 aromatic heterocycles. The van der Waals surface area contributed by atoms with E-state index >= 15 is 0 Å². The summed E-state index contributed by atoms with van der Waals surface area (Å²) in [4.78, 5) is 48.0. The molecule has 0 bridgehead atoms. The zero-order valence-corrected chi connectivity index (χ0v) is 17.4. The van der Waals surface area contributed by atoms with Crippen LogP contribution in [0.2, 0.25) is 0 Å². The van der Waals surface area contributed by atoms with Crippen LogP contribution < -0.4 is 16.8 Å². The number of nitrogens with zero attached hydrogens (tertiary/aromatic N) is 4. The molecular weight excluding hydrogens is 434 g/mol. The Morgan fingerprint density at radius 1 is 1.15 bits per heavy atom. The van der Waals surface area contributed by atoms with Crippen molar-refractivity contribution in [3.05, 3.63) is 35.9 Å². The third kappa shape index (κ3) is 2.96. The lowest BCUT2D eigenvalue weighted by molar-refractivity contribution is -0.256. The van der Waals surface area contributed by atoms with Crippen LogP contribution in [-0.4, -0.2) is 92.4 Å². The van der Waals surface area contributed by atoms with E-state index in [2.05, 4.69) is 15.3 Å². The summed E-state index contributed by atoms with van der Waals surface area (Å²) in [7, 11) is 0. The van der Waals surface area contributed by atoms with E-state index in [1.807, 2.05) is 0 Å². The number of hydrogen-bond donors (Lipinski definition) is 5. The number of esters is 1. The first kappa shape index (κ1) is 21.2. The molecule has 1 spiro atoms.